The zero-order valence-corrected chi connectivity index (χ0v) is 34.4. The number of methoxy groups -OCH3 is 1. The average molecular weight is 680 g/mol. The number of ether oxygens (including phenoxy) is 2. The minimum atomic E-state index is -0.177. The average Bonchev–Trinajstić information content (AvgIpc) is 3.06. The zero-order chi connectivity index (χ0) is 35.6. The zero-order valence-electron chi connectivity index (χ0n) is 34.4. The van der Waals surface area contributed by atoms with Gasteiger partial charge >= 0.3 is 0 Å². The largest absolute Gasteiger partial charge is 0.393 e. The molecule has 0 rings (SSSR count). The van der Waals surface area contributed by atoms with Gasteiger partial charge < -0.3 is 14.3 Å². The van der Waals surface area contributed by atoms with Crippen molar-refractivity contribution < 1.29 is 14.3 Å². The molecule has 0 aromatic rings. The summed E-state index contributed by atoms with van der Waals surface area (Å²) in [7, 11) is 1.77. The number of rotatable bonds is 38. The topological polar surface area (TPSA) is 40.0 Å². The molecular formula is C44H89NO3. The lowest BCUT2D eigenvalue weighted by Crippen LogP contribution is -2.30. The summed E-state index contributed by atoms with van der Waals surface area (Å²) in [5.74, 6) is 0. The maximum absolute atomic E-state index is 6.25. The maximum Gasteiger partial charge on any atom is 0.127 e. The third kappa shape index (κ3) is 33.9. The maximum atomic E-state index is 6.25. The van der Waals surface area contributed by atoms with Gasteiger partial charge in [0.25, 0.3) is 0 Å². The summed E-state index contributed by atoms with van der Waals surface area (Å²) in [5.41, 5.74) is 0.768. The van der Waals surface area contributed by atoms with Crippen LogP contribution in [-0.2, 0) is 14.3 Å². The molecule has 0 N–H and O–H groups in total. The van der Waals surface area contributed by atoms with Crippen LogP contribution < -0.4 is 0 Å². The summed E-state index contributed by atoms with van der Waals surface area (Å²) in [4.78, 5) is 6.25. The van der Waals surface area contributed by atoms with Crippen molar-refractivity contribution >= 4 is 5.71 Å². The van der Waals surface area contributed by atoms with Crippen molar-refractivity contribution in [2.24, 2.45) is 5.16 Å². The second-order valence-electron chi connectivity index (χ2n) is 16.4. The number of hydrogen-bond donors (Lipinski definition) is 0. The highest BCUT2D eigenvalue weighted by atomic mass is 16.6. The fourth-order valence-electron chi connectivity index (χ4n) is 6.47. The number of nitrogens with zero attached hydrogens (tertiary/aromatic N) is 1. The predicted octanol–water partition coefficient (Wildman–Crippen LogP) is 15.1. The highest BCUT2D eigenvalue weighted by molar-refractivity contribution is 5.81. The first-order valence-electron chi connectivity index (χ1n) is 21.5. The first-order valence-corrected chi connectivity index (χ1v) is 21.5. The summed E-state index contributed by atoms with van der Waals surface area (Å²) in [6.45, 7) is 16.0. The van der Waals surface area contributed by atoms with Crippen molar-refractivity contribution in [3.05, 3.63) is 0 Å². The van der Waals surface area contributed by atoms with E-state index >= 15 is 0 Å². The molecule has 0 atom stereocenters. The second-order valence-corrected chi connectivity index (χ2v) is 16.4. The van der Waals surface area contributed by atoms with Crippen LogP contribution in [0.2, 0.25) is 0 Å². The molecule has 0 bridgehead atoms. The van der Waals surface area contributed by atoms with Crippen LogP contribution in [0.3, 0.4) is 0 Å². The Labute approximate surface area is 303 Å². The molecule has 0 aromatic heterocycles. The van der Waals surface area contributed by atoms with Crippen molar-refractivity contribution in [1.29, 1.82) is 0 Å². The molecule has 0 amide bonds. The van der Waals surface area contributed by atoms with Gasteiger partial charge in [-0.05, 0) is 79.6 Å². The molecule has 4 heteroatoms. The highest BCUT2D eigenvalue weighted by Gasteiger charge is 2.22. The Hall–Kier alpha value is -0.610. The molecule has 0 spiro atoms. The Bertz CT molecular complexity index is 659. The molecule has 0 aliphatic heterocycles. The Morgan fingerprint density at radius 3 is 1.21 bits per heavy atom. The Kier molecular flexibility index (Phi) is 33.1. The Balaban J connectivity index is 4.39. The van der Waals surface area contributed by atoms with Gasteiger partial charge in [0.1, 0.15) is 6.10 Å². The van der Waals surface area contributed by atoms with E-state index in [2.05, 4.69) is 53.6 Å². The molecule has 4 nitrogen and oxygen atoms in total. The van der Waals surface area contributed by atoms with E-state index in [1.807, 2.05) is 0 Å². The molecule has 288 valence electrons. The fraction of sp³-hybridized carbons (Fsp3) is 0.977. The third-order valence-corrected chi connectivity index (χ3v) is 10.5. The van der Waals surface area contributed by atoms with Gasteiger partial charge in [0.15, 0.2) is 0 Å². The number of hydrogen-bond acceptors (Lipinski definition) is 4. The predicted molar refractivity (Wildman–Crippen MR) is 214 cm³/mol. The van der Waals surface area contributed by atoms with Crippen LogP contribution >= 0.6 is 0 Å². The van der Waals surface area contributed by atoms with Crippen LogP contribution in [0.5, 0.6) is 0 Å². The normalized spacial score (nSPS) is 12.8. The molecule has 0 radical (unpaired) electrons. The van der Waals surface area contributed by atoms with E-state index in [0.29, 0.717) is 6.61 Å². The van der Waals surface area contributed by atoms with Gasteiger partial charge in [-0.3, -0.25) is 0 Å². The fourth-order valence-corrected chi connectivity index (χ4v) is 6.47. The highest BCUT2D eigenvalue weighted by Crippen LogP contribution is 2.22. The minimum Gasteiger partial charge on any atom is -0.393 e. The van der Waals surface area contributed by atoms with E-state index in [1.54, 1.807) is 7.11 Å². The quantitative estimate of drug-likeness (QED) is 0.0370. The summed E-state index contributed by atoms with van der Waals surface area (Å²) in [6, 6.07) is 0. The van der Waals surface area contributed by atoms with Crippen LogP contribution in [0, 0.1) is 0 Å². The van der Waals surface area contributed by atoms with Crippen LogP contribution in [-0.4, -0.2) is 36.7 Å². The van der Waals surface area contributed by atoms with Gasteiger partial charge in [-0.1, -0.05) is 173 Å². The lowest BCUT2D eigenvalue weighted by Gasteiger charge is -2.29. The molecule has 0 saturated heterocycles. The van der Waals surface area contributed by atoms with Crippen molar-refractivity contribution in [3.63, 3.8) is 0 Å². The van der Waals surface area contributed by atoms with Gasteiger partial charge in [-0.25, -0.2) is 0 Å². The molecule has 0 aliphatic rings. The lowest BCUT2D eigenvalue weighted by atomic mass is 10.00. The summed E-state index contributed by atoms with van der Waals surface area (Å²) in [6.07, 6.45) is 41.7. The minimum absolute atomic E-state index is 0.142. The van der Waals surface area contributed by atoms with E-state index in [1.165, 1.54) is 167 Å². The van der Waals surface area contributed by atoms with Gasteiger partial charge in [0, 0.05) is 7.11 Å². The van der Waals surface area contributed by atoms with E-state index in [-0.39, 0.29) is 17.3 Å². The molecule has 0 unspecified atom stereocenters. The summed E-state index contributed by atoms with van der Waals surface area (Å²) in [5, 5.41) is 4.66. The van der Waals surface area contributed by atoms with E-state index in [9.17, 15) is 0 Å². The number of unbranched alkanes of at least 4 members (excludes halogenated alkanes) is 24. The van der Waals surface area contributed by atoms with Crippen molar-refractivity contribution in [2.45, 2.75) is 265 Å². The van der Waals surface area contributed by atoms with Crippen LogP contribution in [0.25, 0.3) is 0 Å². The van der Waals surface area contributed by atoms with Gasteiger partial charge in [0.2, 0.25) is 0 Å². The molecule has 0 aromatic carbocycles. The van der Waals surface area contributed by atoms with Gasteiger partial charge in [-0.2, -0.15) is 0 Å². The lowest BCUT2D eigenvalue weighted by molar-refractivity contribution is -0.0604. The first-order chi connectivity index (χ1) is 23.2. The van der Waals surface area contributed by atoms with Crippen LogP contribution in [0.4, 0.5) is 0 Å². The molecule has 48 heavy (non-hydrogen) atoms. The van der Waals surface area contributed by atoms with Crippen molar-refractivity contribution in [3.8, 4) is 0 Å². The Morgan fingerprint density at radius 2 is 0.854 bits per heavy atom. The van der Waals surface area contributed by atoms with Crippen LogP contribution in [0.1, 0.15) is 248 Å². The second kappa shape index (κ2) is 33.5. The van der Waals surface area contributed by atoms with E-state index in [4.69, 9.17) is 14.3 Å². The summed E-state index contributed by atoms with van der Waals surface area (Å²) >= 11 is 0. The van der Waals surface area contributed by atoms with E-state index < -0.39 is 0 Å². The molecule has 0 saturated carbocycles. The smallest absolute Gasteiger partial charge is 0.127 e. The number of oxime groups is 1. The van der Waals surface area contributed by atoms with Crippen molar-refractivity contribution in [1.82, 2.24) is 0 Å². The standard InChI is InChI=1S/C44H89NO3/c1-9-11-13-15-17-19-21-23-25-27-29-31-33-35-42(36-34-32-30-28-26-24-22-20-18-16-14-12-10-2)48-45-41(3)37-38-44(6,7)47-40-39-43(4,5)46-8/h42H,9-40H2,1-8H3. The summed E-state index contributed by atoms with van der Waals surface area (Å²) < 4.78 is 11.8. The van der Waals surface area contributed by atoms with Gasteiger partial charge in [-0.15, -0.1) is 0 Å². The van der Waals surface area contributed by atoms with E-state index in [0.717, 1.165) is 37.8 Å². The molecule has 0 fully saturated rings. The Morgan fingerprint density at radius 1 is 0.500 bits per heavy atom. The SMILES string of the molecule is CCCCCCCCCCCCCCCC(CCCCCCCCCCCCCCC)ON=C(C)CCC(C)(C)OCCC(C)(C)OC. The third-order valence-electron chi connectivity index (χ3n) is 10.5. The molecular weight excluding hydrogens is 590 g/mol. The molecule has 0 heterocycles. The first kappa shape index (κ1) is 47.4. The monoisotopic (exact) mass is 680 g/mol. The molecule has 0 aliphatic carbocycles. The van der Waals surface area contributed by atoms with Crippen LogP contribution in [0.15, 0.2) is 5.16 Å². The van der Waals surface area contributed by atoms with Gasteiger partial charge in [0.05, 0.1) is 23.5 Å². The van der Waals surface area contributed by atoms with Crippen molar-refractivity contribution in [2.75, 3.05) is 13.7 Å².